The molecule has 0 radical (unpaired) electrons. The van der Waals surface area contributed by atoms with Crippen LogP contribution in [-0.2, 0) is 22.7 Å². The molecule has 1 aromatic rings. The summed E-state index contributed by atoms with van der Waals surface area (Å²) in [5, 5.41) is 8.87. The molecular formula is C18H30O4. The minimum atomic E-state index is -0.176. The molecule has 1 N–H and O–H groups in total. The first-order valence-corrected chi connectivity index (χ1v) is 8.60. The number of rotatable bonds is 13. The smallest absolute Gasteiger partial charge is 0.306 e. The van der Waals surface area contributed by atoms with Crippen LogP contribution in [0.5, 0.6) is 0 Å². The summed E-state index contributed by atoms with van der Waals surface area (Å²) in [7, 11) is 0. The summed E-state index contributed by atoms with van der Waals surface area (Å²) in [5.41, 5.74) is 0. The van der Waals surface area contributed by atoms with E-state index in [2.05, 4.69) is 6.92 Å². The Bertz CT molecular complexity index is 398. The van der Waals surface area contributed by atoms with Gasteiger partial charge in [0.25, 0.3) is 0 Å². The van der Waals surface area contributed by atoms with Gasteiger partial charge in [-0.1, -0.05) is 58.3 Å². The normalized spacial score (nSPS) is 10.8. The van der Waals surface area contributed by atoms with Crippen molar-refractivity contribution in [3.05, 3.63) is 23.7 Å². The van der Waals surface area contributed by atoms with Gasteiger partial charge in [-0.2, -0.15) is 0 Å². The Morgan fingerprint density at radius 3 is 2.18 bits per heavy atom. The zero-order chi connectivity index (χ0) is 16.0. The molecule has 0 aliphatic carbocycles. The minimum Gasteiger partial charge on any atom is -0.460 e. The van der Waals surface area contributed by atoms with Crippen LogP contribution in [-0.4, -0.2) is 11.1 Å². The van der Waals surface area contributed by atoms with E-state index in [1.54, 1.807) is 12.1 Å². The lowest BCUT2D eigenvalue weighted by molar-refractivity contribution is -0.145. The highest BCUT2D eigenvalue weighted by Gasteiger charge is 2.06. The molecule has 0 saturated carbocycles. The molecule has 0 bridgehead atoms. The molecule has 0 spiro atoms. The number of hydrogen-bond donors (Lipinski definition) is 1. The van der Waals surface area contributed by atoms with Gasteiger partial charge in [-0.05, 0) is 18.6 Å². The molecule has 0 saturated heterocycles. The monoisotopic (exact) mass is 310 g/mol. The van der Waals surface area contributed by atoms with Crippen molar-refractivity contribution in [3.8, 4) is 0 Å². The van der Waals surface area contributed by atoms with Gasteiger partial charge in [-0.25, -0.2) is 0 Å². The van der Waals surface area contributed by atoms with Crippen LogP contribution in [0.25, 0.3) is 0 Å². The van der Waals surface area contributed by atoms with Crippen LogP contribution in [0, 0.1) is 0 Å². The van der Waals surface area contributed by atoms with Crippen LogP contribution < -0.4 is 0 Å². The van der Waals surface area contributed by atoms with E-state index in [0.29, 0.717) is 17.9 Å². The molecule has 1 aromatic heterocycles. The Labute approximate surface area is 133 Å². The van der Waals surface area contributed by atoms with Crippen molar-refractivity contribution in [2.45, 2.75) is 84.3 Å². The second-order valence-electron chi connectivity index (χ2n) is 5.77. The van der Waals surface area contributed by atoms with Crippen molar-refractivity contribution >= 4 is 5.97 Å². The number of ether oxygens (including phenoxy) is 1. The van der Waals surface area contributed by atoms with Gasteiger partial charge in [0.15, 0.2) is 0 Å². The first kappa shape index (κ1) is 18.8. The van der Waals surface area contributed by atoms with Gasteiger partial charge in [-0.15, -0.1) is 0 Å². The van der Waals surface area contributed by atoms with Gasteiger partial charge in [0.1, 0.15) is 24.7 Å². The van der Waals surface area contributed by atoms with E-state index in [-0.39, 0.29) is 19.2 Å². The van der Waals surface area contributed by atoms with Crippen LogP contribution in [0.4, 0.5) is 0 Å². The summed E-state index contributed by atoms with van der Waals surface area (Å²) in [6.07, 6.45) is 11.6. The van der Waals surface area contributed by atoms with Crippen LogP contribution in [0.2, 0.25) is 0 Å². The third kappa shape index (κ3) is 8.88. The van der Waals surface area contributed by atoms with Gasteiger partial charge in [0.05, 0.1) is 0 Å². The maximum Gasteiger partial charge on any atom is 0.306 e. The molecule has 22 heavy (non-hydrogen) atoms. The maximum atomic E-state index is 11.6. The SMILES string of the molecule is CCCCCCCCCCCC(=O)OCc1ccc(CO)o1. The Morgan fingerprint density at radius 2 is 1.59 bits per heavy atom. The van der Waals surface area contributed by atoms with Gasteiger partial charge < -0.3 is 14.3 Å². The van der Waals surface area contributed by atoms with Crippen LogP contribution >= 0.6 is 0 Å². The van der Waals surface area contributed by atoms with Crippen LogP contribution in [0.15, 0.2) is 16.5 Å². The van der Waals surface area contributed by atoms with Gasteiger partial charge in [0.2, 0.25) is 0 Å². The summed E-state index contributed by atoms with van der Waals surface area (Å²) >= 11 is 0. The fraction of sp³-hybridized carbons (Fsp3) is 0.722. The minimum absolute atomic E-state index is 0.133. The zero-order valence-corrected chi connectivity index (χ0v) is 13.8. The lowest BCUT2D eigenvalue weighted by Crippen LogP contribution is -2.03. The number of furan rings is 1. The predicted molar refractivity (Wildman–Crippen MR) is 86.3 cm³/mol. The van der Waals surface area contributed by atoms with Crippen molar-refractivity contribution in [3.63, 3.8) is 0 Å². The average Bonchev–Trinajstić information content (AvgIpc) is 2.99. The van der Waals surface area contributed by atoms with E-state index < -0.39 is 0 Å². The molecule has 0 unspecified atom stereocenters. The lowest BCUT2D eigenvalue weighted by Gasteiger charge is -2.03. The van der Waals surface area contributed by atoms with Crippen molar-refractivity contribution in [1.29, 1.82) is 0 Å². The molecule has 1 heterocycles. The zero-order valence-electron chi connectivity index (χ0n) is 13.8. The molecule has 126 valence electrons. The van der Waals surface area contributed by atoms with Crippen molar-refractivity contribution in [1.82, 2.24) is 0 Å². The molecule has 4 heteroatoms. The topological polar surface area (TPSA) is 59.7 Å². The van der Waals surface area contributed by atoms with E-state index in [1.807, 2.05) is 0 Å². The Balaban J connectivity index is 1.93. The van der Waals surface area contributed by atoms with Crippen LogP contribution in [0.3, 0.4) is 0 Å². The van der Waals surface area contributed by atoms with E-state index in [4.69, 9.17) is 14.3 Å². The fourth-order valence-corrected chi connectivity index (χ4v) is 2.39. The largest absolute Gasteiger partial charge is 0.460 e. The van der Waals surface area contributed by atoms with E-state index in [1.165, 1.54) is 44.9 Å². The van der Waals surface area contributed by atoms with Gasteiger partial charge in [-0.3, -0.25) is 4.79 Å². The molecule has 0 fully saturated rings. The first-order valence-electron chi connectivity index (χ1n) is 8.60. The third-order valence-corrected chi connectivity index (χ3v) is 3.73. The lowest BCUT2D eigenvalue weighted by atomic mass is 10.1. The molecule has 1 rings (SSSR count). The highest BCUT2D eigenvalue weighted by Crippen LogP contribution is 2.12. The molecule has 0 amide bonds. The number of carbonyl (C=O) groups excluding carboxylic acids is 1. The van der Waals surface area contributed by atoms with Gasteiger partial charge >= 0.3 is 5.97 Å². The summed E-state index contributed by atoms with van der Waals surface area (Å²) < 4.78 is 10.4. The first-order chi connectivity index (χ1) is 10.8. The standard InChI is InChI=1S/C18H30O4/c1-2-3-4-5-6-7-8-9-10-11-18(20)21-15-17-13-12-16(14-19)22-17/h12-13,19H,2-11,14-15H2,1H3. The number of aliphatic hydroxyl groups is 1. The van der Waals surface area contributed by atoms with E-state index in [0.717, 1.165) is 12.8 Å². The number of aliphatic hydroxyl groups excluding tert-OH is 1. The van der Waals surface area contributed by atoms with Gasteiger partial charge in [0, 0.05) is 6.42 Å². The third-order valence-electron chi connectivity index (χ3n) is 3.73. The van der Waals surface area contributed by atoms with Crippen molar-refractivity contribution in [2.75, 3.05) is 0 Å². The Hall–Kier alpha value is -1.29. The molecule has 0 aliphatic rings. The number of esters is 1. The number of hydrogen-bond acceptors (Lipinski definition) is 4. The molecule has 0 aliphatic heterocycles. The second-order valence-corrected chi connectivity index (χ2v) is 5.77. The highest BCUT2D eigenvalue weighted by atomic mass is 16.5. The van der Waals surface area contributed by atoms with Crippen LogP contribution in [0.1, 0.15) is 82.7 Å². The summed E-state index contributed by atoms with van der Waals surface area (Å²) in [6.45, 7) is 2.25. The summed E-state index contributed by atoms with van der Waals surface area (Å²) in [5.74, 6) is 0.888. The van der Waals surface area contributed by atoms with Crippen molar-refractivity contribution in [2.24, 2.45) is 0 Å². The number of carbonyl (C=O) groups is 1. The van der Waals surface area contributed by atoms with E-state index >= 15 is 0 Å². The molecule has 0 aromatic carbocycles. The Morgan fingerprint density at radius 1 is 1.00 bits per heavy atom. The molecule has 0 atom stereocenters. The second kappa shape index (κ2) is 12.3. The van der Waals surface area contributed by atoms with E-state index in [9.17, 15) is 4.79 Å². The number of unbranched alkanes of at least 4 members (excludes halogenated alkanes) is 8. The maximum absolute atomic E-state index is 11.6. The molecular weight excluding hydrogens is 280 g/mol. The highest BCUT2D eigenvalue weighted by molar-refractivity contribution is 5.69. The molecule has 4 nitrogen and oxygen atoms in total. The average molecular weight is 310 g/mol. The predicted octanol–water partition coefficient (Wildman–Crippen LogP) is 4.74. The fourth-order valence-electron chi connectivity index (χ4n) is 2.39. The Kier molecular flexibility index (Phi) is 10.5. The summed E-state index contributed by atoms with van der Waals surface area (Å²) in [4.78, 5) is 11.6. The summed E-state index contributed by atoms with van der Waals surface area (Å²) in [6, 6.07) is 3.40. The van der Waals surface area contributed by atoms with Crippen molar-refractivity contribution < 1.29 is 19.1 Å². The quantitative estimate of drug-likeness (QED) is 0.422.